The first-order chi connectivity index (χ1) is 9.67. The van der Waals surface area contributed by atoms with E-state index in [-0.39, 0.29) is 11.7 Å². The second-order valence-corrected chi connectivity index (χ2v) is 6.23. The number of piperidine rings is 2. The van der Waals surface area contributed by atoms with E-state index in [4.69, 9.17) is 4.74 Å². The van der Waals surface area contributed by atoms with Gasteiger partial charge in [0, 0.05) is 18.0 Å². The van der Waals surface area contributed by atoms with E-state index in [1.165, 1.54) is 19.3 Å². The van der Waals surface area contributed by atoms with Crippen molar-refractivity contribution in [2.45, 2.75) is 51.1 Å². The number of Topliss-reactive ketones (excluding diaryl/α,β-unsaturated/α-hetero) is 1. The van der Waals surface area contributed by atoms with Gasteiger partial charge in [-0.25, -0.2) is 0 Å². The van der Waals surface area contributed by atoms with Crippen LogP contribution in [0.4, 0.5) is 0 Å². The zero-order valence-corrected chi connectivity index (χ0v) is 12.3. The second-order valence-electron chi connectivity index (χ2n) is 6.23. The monoisotopic (exact) mass is 273 g/mol. The number of hydrogen-bond donors (Lipinski definition) is 1. The van der Waals surface area contributed by atoms with E-state index in [9.17, 15) is 4.79 Å². The smallest absolute Gasteiger partial charge is 0.169 e. The number of carbonyl (C=O) groups is 1. The molecule has 3 rings (SSSR count). The van der Waals surface area contributed by atoms with Crippen LogP contribution in [0.15, 0.2) is 18.2 Å². The molecule has 0 amide bonds. The Bertz CT molecular complexity index is 500. The van der Waals surface area contributed by atoms with Gasteiger partial charge in [-0.3, -0.25) is 4.79 Å². The van der Waals surface area contributed by atoms with Crippen molar-refractivity contribution in [3.8, 4) is 5.75 Å². The molecule has 0 aromatic heterocycles. The van der Waals surface area contributed by atoms with E-state index < -0.39 is 0 Å². The quantitative estimate of drug-likeness (QED) is 0.860. The van der Waals surface area contributed by atoms with Crippen molar-refractivity contribution in [3.63, 3.8) is 0 Å². The number of methoxy groups -OCH3 is 1. The summed E-state index contributed by atoms with van der Waals surface area (Å²) in [7, 11) is 1.64. The van der Waals surface area contributed by atoms with E-state index in [2.05, 4.69) is 5.32 Å². The van der Waals surface area contributed by atoms with Gasteiger partial charge in [-0.05, 0) is 44.7 Å². The molecule has 20 heavy (non-hydrogen) atoms. The minimum absolute atomic E-state index is 0.155. The van der Waals surface area contributed by atoms with Gasteiger partial charge in [-0.1, -0.05) is 18.1 Å². The van der Waals surface area contributed by atoms with Gasteiger partial charge in [0.2, 0.25) is 0 Å². The summed E-state index contributed by atoms with van der Waals surface area (Å²) in [5.74, 6) is 1.13. The second kappa shape index (κ2) is 5.57. The van der Waals surface area contributed by atoms with Crippen LogP contribution in [0.1, 0.15) is 48.0 Å². The number of carbonyl (C=O) groups excluding carboxylic acids is 1. The summed E-state index contributed by atoms with van der Waals surface area (Å²) in [6, 6.07) is 6.94. The lowest BCUT2D eigenvalue weighted by molar-refractivity contribution is 0.0822. The molecule has 0 aliphatic carbocycles. The molecule has 1 aromatic carbocycles. The number of nitrogens with one attached hydrogen (secondary N) is 1. The maximum absolute atomic E-state index is 12.9. The molecule has 2 fully saturated rings. The van der Waals surface area contributed by atoms with E-state index in [1.54, 1.807) is 7.11 Å². The van der Waals surface area contributed by atoms with E-state index in [0.29, 0.717) is 17.8 Å². The summed E-state index contributed by atoms with van der Waals surface area (Å²) in [5.41, 5.74) is 1.88. The Morgan fingerprint density at radius 2 is 1.95 bits per heavy atom. The van der Waals surface area contributed by atoms with Crippen LogP contribution in [0, 0.1) is 12.8 Å². The van der Waals surface area contributed by atoms with Crippen LogP contribution in [0.25, 0.3) is 0 Å². The molecule has 2 aliphatic heterocycles. The van der Waals surface area contributed by atoms with Gasteiger partial charge in [0.15, 0.2) is 5.78 Å². The molecule has 1 aromatic rings. The van der Waals surface area contributed by atoms with Crippen molar-refractivity contribution in [3.05, 3.63) is 29.3 Å². The van der Waals surface area contributed by atoms with Crippen molar-refractivity contribution in [2.24, 2.45) is 5.92 Å². The molecule has 1 N–H and O–H groups in total. The van der Waals surface area contributed by atoms with Crippen LogP contribution >= 0.6 is 0 Å². The van der Waals surface area contributed by atoms with Gasteiger partial charge in [0.05, 0.1) is 12.7 Å². The third kappa shape index (κ3) is 2.59. The number of ether oxygens (including phenoxy) is 1. The SMILES string of the molecule is COc1ccc(C)cc1C(=O)C1CC2CCCC(C1)N2. The lowest BCUT2D eigenvalue weighted by atomic mass is 9.77. The summed E-state index contributed by atoms with van der Waals surface area (Å²) in [6.45, 7) is 2.02. The molecule has 2 saturated heterocycles. The number of hydrogen-bond acceptors (Lipinski definition) is 3. The zero-order valence-electron chi connectivity index (χ0n) is 12.3. The Hall–Kier alpha value is -1.35. The zero-order chi connectivity index (χ0) is 14.1. The number of benzene rings is 1. The largest absolute Gasteiger partial charge is 0.496 e. The van der Waals surface area contributed by atoms with Crippen molar-refractivity contribution in [1.82, 2.24) is 5.32 Å². The lowest BCUT2D eigenvalue weighted by Gasteiger charge is -2.39. The van der Waals surface area contributed by atoms with Crippen LogP contribution in [0.5, 0.6) is 5.75 Å². The molecule has 0 radical (unpaired) electrons. The van der Waals surface area contributed by atoms with Gasteiger partial charge in [-0.2, -0.15) is 0 Å². The van der Waals surface area contributed by atoms with Gasteiger partial charge in [-0.15, -0.1) is 0 Å². The van der Waals surface area contributed by atoms with E-state index in [0.717, 1.165) is 24.0 Å². The van der Waals surface area contributed by atoms with Gasteiger partial charge in [0.25, 0.3) is 0 Å². The first-order valence-corrected chi connectivity index (χ1v) is 7.62. The average molecular weight is 273 g/mol. The number of aryl methyl sites for hydroxylation is 1. The highest BCUT2D eigenvalue weighted by Gasteiger charge is 2.35. The molecular formula is C17H23NO2. The minimum atomic E-state index is 0.155. The lowest BCUT2D eigenvalue weighted by Crippen LogP contribution is -2.50. The summed E-state index contributed by atoms with van der Waals surface area (Å²) < 4.78 is 5.37. The normalized spacial score (nSPS) is 29.0. The average Bonchev–Trinajstić information content (AvgIpc) is 2.46. The fraction of sp³-hybridized carbons (Fsp3) is 0.588. The molecule has 0 saturated carbocycles. The molecule has 2 atom stereocenters. The predicted octanol–water partition coefficient (Wildman–Crippen LogP) is 3.11. The Kier molecular flexibility index (Phi) is 3.79. The van der Waals surface area contributed by atoms with Crippen LogP contribution in [-0.4, -0.2) is 25.0 Å². The molecule has 0 spiro atoms. The molecule has 3 nitrogen and oxygen atoms in total. The summed E-state index contributed by atoms with van der Waals surface area (Å²) in [4.78, 5) is 12.9. The van der Waals surface area contributed by atoms with Gasteiger partial charge >= 0.3 is 0 Å². The number of fused-ring (bicyclic) bond motifs is 2. The highest BCUT2D eigenvalue weighted by molar-refractivity contribution is 6.00. The fourth-order valence-corrected chi connectivity index (χ4v) is 3.71. The maximum atomic E-state index is 12.9. The Morgan fingerprint density at radius 3 is 2.60 bits per heavy atom. The first kappa shape index (κ1) is 13.6. The molecule has 2 bridgehead atoms. The highest BCUT2D eigenvalue weighted by atomic mass is 16.5. The minimum Gasteiger partial charge on any atom is -0.496 e. The van der Waals surface area contributed by atoms with Crippen LogP contribution in [-0.2, 0) is 0 Å². The fourth-order valence-electron chi connectivity index (χ4n) is 3.71. The van der Waals surface area contributed by atoms with Crippen LogP contribution in [0.3, 0.4) is 0 Å². The summed E-state index contributed by atoms with van der Waals surface area (Å²) in [5, 5.41) is 3.65. The molecule has 3 heteroatoms. The van der Waals surface area contributed by atoms with Gasteiger partial charge in [0.1, 0.15) is 5.75 Å². The summed E-state index contributed by atoms with van der Waals surface area (Å²) in [6.07, 6.45) is 5.69. The predicted molar refractivity (Wildman–Crippen MR) is 79.3 cm³/mol. The standard InChI is InChI=1S/C17H23NO2/c1-11-6-7-16(20-2)15(8-11)17(19)12-9-13-4-3-5-14(10-12)18-13/h6-8,12-14,18H,3-5,9-10H2,1-2H3. The topological polar surface area (TPSA) is 38.3 Å². The Labute approximate surface area is 120 Å². The Morgan fingerprint density at radius 1 is 1.25 bits per heavy atom. The van der Waals surface area contributed by atoms with Crippen LogP contribution < -0.4 is 10.1 Å². The molecule has 108 valence electrons. The number of rotatable bonds is 3. The Balaban J connectivity index is 1.83. The third-order valence-corrected chi connectivity index (χ3v) is 4.71. The van der Waals surface area contributed by atoms with Gasteiger partial charge < -0.3 is 10.1 Å². The van der Waals surface area contributed by atoms with Crippen molar-refractivity contribution >= 4 is 5.78 Å². The van der Waals surface area contributed by atoms with Crippen molar-refractivity contribution in [1.29, 1.82) is 0 Å². The molecule has 2 aliphatic rings. The van der Waals surface area contributed by atoms with Crippen molar-refractivity contribution in [2.75, 3.05) is 7.11 Å². The van der Waals surface area contributed by atoms with E-state index in [1.807, 2.05) is 25.1 Å². The number of ketones is 1. The first-order valence-electron chi connectivity index (χ1n) is 7.62. The maximum Gasteiger partial charge on any atom is 0.169 e. The van der Waals surface area contributed by atoms with Crippen LogP contribution in [0.2, 0.25) is 0 Å². The third-order valence-electron chi connectivity index (χ3n) is 4.71. The van der Waals surface area contributed by atoms with Crippen molar-refractivity contribution < 1.29 is 9.53 Å². The highest BCUT2D eigenvalue weighted by Crippen LogP contribution is 2.33. The molecule has 2 unspecified atom stereocenters. The summed E-state index contributed by atoms with van der Waals surface area (Å²) >= 11 is 0. The molecule has 2 heterocycles. The van der Waals surface area contributed by atoms with E-state index >= 15 is 0 Å². The molecular weight excluding hydrogens is 250 g/mol.